The van der Waals surface area contributed by atoms with Crippen molar-refractivity contribution in [3.05, 3.63) is 61.8 Å². The van der Waals surface area contributed by atoms with Crippen molar-refractivity contribution in [3.63, 3.8) is 0 Å². The lowest BCUT2D eigenvalue weighted by Gasteiger charge is -2.00. The number of nitrogens with zero attached hydrogens (tertiary/aromatic N) is 2. The minimum absolute atomic E-state index is 0.0167. The molecule has 0 aliphatic rings. The molecule has 0 atom stereocenters. The first-order valence-corrected chi connectivity index (χ1v) is 6.53. The predicted octanol–water partition coefficient (Wildman–Crippen LogP) is 2.73. The van der Waals surface area contributed by atoms with Gasteiger partial charge in [0.25, 0.3) is 11.6 Å². The molecule has 0 saturated carbocycles. The first-order valence-electron chi connectivity index (χ1n) is 5.71. The van der Waals surface area contributed by atoms with Crippen molar-refractivity contribution < 1.29 is 9.72 Å². The molecule has 1 aromatic heterocycles. The number of hydrogen-bond donors (Lipinski definition) is 1. The second-order valence-corrected chi connectivity index (χ2v) is 5.24. The van der Waals surface area contributed by atoms with Gasteiger partial charge in [-0.2, -0.15) is 5.10 Å². The van der Waals surface area contributed by atoms with Gasteiger partial charge < -0.3 is 0 Å². The van der Waals surface area contributed by atoms with Crippen molar-refractivity contribution in [1.82, 2.24) is 5.43 Å². The summed E-state index contributed by atoms with van der Waals surface area (Å²) in [6.45, 7) is 1.97. The summed E-state index contributed by atoms with van der Waals surface area (Å²) in [5, 5.41) is 14.6. The van der Waals surface area contributed by atoms with Gasteiger partial charge >= 0.3 is 0 Å². The summed E-state index contributed by atoms with van der Waals surface area (Å²) in [5.74, 6) is -0.609. The highest BCUT2D eigenvalue weighted by Gasteiger charge is 2.18. The molecular formula is C13H11N3O3S. The molecule has 1 amide bonds. The fraction of sp³-hybridized carbons (Fsp3) is 0.0769. The van der Waals surface area contributed by atoms with E-state index in [4.69, 9.17) is 0 Å². The highest BCUT2D eigenvalue weighted by Crippen LogP contribution is 2.17. The molecule has 0 spiro atoms. The minimum Gasteiger partial charge on any atom is -0.267 e. The second-order valence-electron chi connectivity index (χ2n) is 3.92. The lowest BCUT2D eigenvalue weighted by atomic mass is 10.2. The van der Waals surface area contributed by atoms with Gasteiger partial charge in [-0.15, -0.1) is 11.3 Å². The van der Waals surface area contributed by atoms with Crippen molar-refractivity contribution in [2.45, 2.75) is 6.92 Å². The Kier molecular flexibility index (Phi) is 4.21. The third-order valence-corrected chi connectivity index (χ3v) is 3.40. The van der Waals surface area contributed by atoms with E-state index in [-0.39, 0.29) is 11.3 Å². The van der Waals surface area contributed by atoms with Crippen molar-refractivity contribution >= 4 is 29.1 Å². The molecule has 2 aromatic rings. The van der Waals surface area contributed by atoms with E-state index in [1.165, 1.54) is 35.8 Å². The number of nitrogens with one attached hydrogen (secondary N) is 1. The molecule has 102 valence electrons. The first kappa shape index (κ1) is 13.9. The summed E-state index contributed by atoms with van der Waals surface area (Å²) in [4.78, 5) is 24.1. The Labute approximate surface area is 118 Å². The zero-order valence-corrected chi connectivity index (χ0v) is 11.4. The normalized spacial score (nSPS) is 10.7. The number of para-hydroxylation sites is 1. The van der Waals surface area contributed by atoms with Crippen molar-refractivity contribution in [3.8, 4) is 0 Å². The van der Waals surface area contributed by atoms with Gasteiger partial charge in [0.1, 0.15) is 5.56 Å². The van der Waals surface area contributed by atoms with Gasteiger partial charge in [-0.25, -0.2) is 5.43 Å². The monoisotopic (exact) mass is 289 g/mol. The van der Waals surface area contributed by atoms with Crippen molar-refractivity contribution in [1.29, 1.82) is 0 Å². The van der Waals surface area contributed by atoms with Gasteiger partial charge in [-0.3, -0.25) is 14.9 Å². The number of amides is 1. The fourth-order valence-electron chi connectivity index (χ4n) is 1.56. The highest BCUT2D eigenvalue weighted by molar-refractivity contribution is 7.13. The highest BCUT2D eigenvalue weighted by atomic mass is 32.1. The molecule has 0 aliphatic carbocycles. The second kappa shape index (κ2) is 6.07. The number of hydrogen-bond acceptors (Lipinski definition) is 5. The smallest absolute Gasteiger partial charge is 0.267 e. The van der Waals surface area contributed by atoms with Crippen LogP contribution in [0.1, 0.15) is 20.1 Å². The van der Waals surface area contributed by atoms with Gasteiger partial charge in [0.05, 0.1) is 11.1 Å². The van der Waals surface area contributed by atoms with Crippen LogP contribution in [0.2, 0.25) is 0 Å². The summed E-state index contributed by atoms with van der Waals surface area (Å²) in [6.07, 6.45) is 1.50. The SMILES string of the molecule is Cc1ccc(C=NNC(=O)c2ccccc2[N+](=O)[O-])s1. The van der Waals surface area contributed by atoms with Crippen LogP contribution >= 0.6 is 11.3 Å². The molecule has 6 nitrogen and oxygen atoms in total. The van der Waals surface area contributed by atoms with Crippen molar-refractivity contribution in [2.24, 2.45) is 5.10 Å². The average Bonchev–Trinajstić information content (AvgIpc) is 2.84. The largest absolute Gasteiger partial charge is 0.282 e. The number of rotatable bonds is 4. The number of nitro groups is 1. The molecule has 1 heterocycles. The minimum atomic E-state index is -0.609. The van der Waals surface area contributed by atoms with Crippen LogP contribution in [0.3, 0.4) is 0 Å². The lowest BCUT2D eigenvalue weighted by molar-refractivity contribution is -0.385. The summed E-state index contributed by atoms with van der Waals surface area (Å²) < 4.78 is 0. The van der Waals surface area contributed by atoms with E-state index in [9.17, 15) is 14.9 Å². The van der Waals surface area contributed by atoms with Crippen LogP contribution in [0.25, 0.3) is 0 Å². The van der Waals surface area contributed by atoms with E-state index < -0.39 is 10.8 Å². The average molecular weight is 289 g/mol. The van der Waals surface area contributed by atoms with E-state index in [0.29, 0.717) is 0 Å². The third-order valence-electron chi connectivity index (χ3n) is 2.46. The summed E-state index contributed by atoms with van der Waals surface area (Å²) >= 11 is 1.53. The summed E-state index contributed by atoms with van der Waals surface area (Å²) in [5.41, 5.74) is 2.02. The van der Waals surface area contributed by atoms with Crippen LogP contribution in [0.4, 0.5) is 5.69 Å². The standard InChI is InChI=1S/C13H11N3O3S/c1-9-6-7-10(20-9)8-14-15-13(17)11-4-2-3-5-12(11)16(18)19/h2-8H,1H3,(H,15,17). The maximum Gasteiger partial charge on any atom is 0.282 e. The third kappa shape index (κ3) is 3.27. The van der Waals surface area contributed by atoms with E-state index in [1.807, 2.05) is 19.1 Å². The molecule has 7 heteroatoms. The molecule has 1 N–H and O–H groups in total. The molecule has 20 heavy (non-hydrogen) atoms. The van der Waals surface area contributed by atoms with Crippen LogP contribution in [0, 0.1) is 17.0 Å². The number of thiophene rings is 1. The maximum atomic E-state index is 11.8. The molecule has 0 saturated heterocycles. The predicted molar refractivity (Wildman–Crippen MR) is 77.2 cm³/mol. The number of carbonyl (C=O) groups excluding carboxylic acids is 1. The first-order chi connectivity index (χ1) is 9.58. The van der Waals surface area contributed by atoms with Gasteiger partial charge in [-0.05, 0) is 25.1 Å². The van der Waals surface area contributed by atoms with E-state index in [2.05, 4.69) is 10.5 Å². The number of carbonyl (C=O) groups is 1. The van der Waals surface area contributed by atoms with Gasteiger partial charge in [0.2, 0.25) is 0 Å². The van der Waals surface area contributed by atoms with E-state index in [0.717, 1.165) is 9.75 Å². The Morgan fingerprint density at radius 3 is 2.75 bits per heavy atom. The Morgan fingerprint density at radius 2 is 2.10 bits per heavy atom. The van der Waals surface area contributed by atoms with Crippen LogP contribution in [0.15, 0.2) is 41.5 Å². The van der Waals surface area contributed by atoms with E-state index >= 15 is 0 Å². The number of nitro benzene ring substituents is 1. The van der Waals surface area contributed by atoms with Crippen molar-refractivity contribution in [2.75, 3.05) is 0 Å². The van der Waals surface area contributed by atoms with E-state index in [1.54, 1.807) is 6.07 Å². The molecule has 0 aliphatic heterocycles. The number of aryl methyl sites for hydroxylation is 1. The van der Waals surface area contributed by atoms with Gasteiger partial charge in [-0.1, -0.05) is 12.1 Å². The Bertz CT molecular complexity index is 679. The lowest BCUT2D eigenvalue weighted by Crippen LogP contribution is -2.18. The Balaban J connectivity index is 2.09. The Hall–Kier alpha value is -2.54. The maximum absolute atomic E-state index is 11.8. The fourth-order valence-corrected chi connectivity index (χ4v) is 2.31. The topological polar surface area (TPSA) is 84.6 Å². The van der Waals surface area contributed by atoms with Crippen LogP contribution in [0.5, 0.6) is 0 Å². The molecule has 0 fully saturated rings. The molecule has 0 bridgehead atoms. The summed E-state index contributed by atoms with van der Waals surface area (Å²) in [7, 11) is 0. The Morgan fingerprint density at radius 1 is 1.35 bits per heavy atom. The molecule has 1 aromatic carbocycles. The quantitative estimate of drug-likeness (QED) is 0.533. The number of hydrazone groups is 1. The van der Waals surface area contributed by atoms with Gasteiger partial charge in [0.15, 0.2) is 0 Å². The zero-order valence-electron chi connectivity index (χ0n) is 10.6. The molecule has 0 radical (unpaired) electrons. The summed E-state index contributed by atoms with van der Waals surface area (Å²) in [6, 6.07) is 9.55. The van der Waals surface area contributed by atoms with Gasteiger partial charge in [0, 0.05) is 15.8 Å². The zero-order chi connectivity index (χ0) is 14.5. The molecular weight excluding hydrogens is 278 g/mol. The van der Waals surface area contributed by atoms with Crippen LogP contribution in [-0.4, -0.2) is 17.0 Å². The van der Waals surface area contributed by atoms with Crippen LogP contribution < -0.4 is 5.43 Å². The number of benzene rings is 1. The molecule has 0 unspecified atom stereocenters. The van der Waals surface area contributed by atoms with Crippen LogP contribution in [-0.2, 0) is 0 Å². The molecule has 2 rings (SSSR count).